The molecule has 1 aromatic carbocycles. The molecule has 0 fully saturated rings. The summed E-state index contributed by atoms with van der Waals surface area (Å²) in [6.45, 7) is 3.76. The van der Waals surface area contributed by atoms with E-state index in [0.29, 0.717) is 18.0 Å². The number of pyridine rings is 1. The maximum absolute atomic E-state index is 12.2. The van der Waals surface area contributed by atoms with Crippen LogP contribution in [0.25, 0.3) is 0 Å². The first-order valence-electron chi connectivity index (χ1n) is 8.63. The summed E-state index contributed by atoms with van der Waals surface area (Å²) >= 11 is 0. The lowest BCUT2D eigenvalue weighted by molar-refractivity contribution is 0.0946. The van der Waals surface area contributed by atoms with Gasteiger partial charge in [0.05, 0.1) is 11.9 Å². The molecular weight excluding hydrogens is 318 g/mol. The van der Waals surface area contributed by atoms with Gasteiger partial charge in [-0.15, -0.1) is 0 Å². The van der Waals surface area contributed by atoms with E-state index in [1.807, 2.05) is 24.3 Å². The predicted molar refractivity (Wildman–Crippen MR) is 96.0 cm³/mol. The Balaban J connectivity index is 1.49. The van der Waals surface area contributed by atoms with Gasteiger partial charge in [-0.2, -0.15) is 0 Å². The van der Waals surface area contributed by atoms with Crippen LogP contribution in [0.2, 0.25) is 0 Å². The number of hydrogen-bond donors (Lipinski definition) is 2. The average Bonchev–Trinajstić information content (AvgIpc) is 3.11. The Kier molecular flexibility index (Phi) is 5.72. The summed E-state index contributed by atoms with van der Waals surface area (Å²) in [7, 11) is 0. The number of rotatable bonds is 8. The van der Waals surface area contributed by atoms with Crippen LogP contribution in [0, 0.1) is 0 Å². The van der Waals surface area contributed by atoms with E-state index < -0.39 is 0 Å². The van der Waals surface area contributed by atoms with Crippen molar-refractivity contribution >= 4 is 11.6 Å². The van der Waals surface area contributed by atoms with Gasteiger partial charge in [0.15, 0.2) is 11.5 Å². The van der Waals surface area contributed by atoms with Crippen LogP contribution in [-0.2, 0) is 6.54 Å². The largest absolute Gasteiger partial charge is 0.454 e. The summed E-state index contributed by atoms with van der Waals surface area (Å²) < 4.78 is 10.6. The van der Waals surface area contributed by atoms with Gasteiger partial charge in [-0.05, 0) is 36.2 Å². The lowest BCUT2D eigenvalue weighted by Crippen LogP contribution is -2.23. The standard InChI is InChI=1S/C19H23N3O3/c1-2-3-4-9-20-15-6-7-16(21-12-15)19(23)22-11-14-5-8-17-18(10-14)25-13-24-17/h5-8,10,12,20H,2-4,9,11,13H2,1H3,(H,22,23). The molecule has 0 radical (unpaired) electrons. The summed E-state index contributed by atoms with van der Waals surface area (Å²) in [5.41, 5.74) is 2.29. The Hall–Kier alpha value is -2.76. The van der Waals surface area contributed by atoms with Crippen molar-refractivity contribution in [2.75, 3.05) is 18.7 Å². The highest BCUT2D eigenvalue weighted by atomic mass is 16.7. The number of anilines is 1. The van der Waals surface area contributed by atoms with Crippen LogP contribution in [0.1, 0.15) is 42.2 Å². The lowest BCUT2D eigenvalue weighted by Gasteiger charge is -2.08. The van der Waals surface area contributed by atoms with E-state index in [-0.39, 0.29) is 12.7 Å². The van der Waals surface area contributed by atoms with Crippen molar-refractivity contribution < 1.29 is 14.3 Å². The van der Waals surface area contributed by atoms with Crippen LogP contribution in [0.15, 0.2) is 36.5 Å². The van der Waals surface area contributed by atoms with Crippen LogP contribution in [-0.4, -0.2) is 24.2 Å². The van der Waals surface area contributed by atoms with Gasteiger partial charge in [-0.1, -0.05) is 25.8 Å². The minimum atomic E-state index is -0.199. The zero-order valence-corrected chi connectivity index (χ0v) is 14.4. The number of hydrogen-bond acceptors (Lipinski definition) is 5. The molecule has 1 amide bonds. The Morgan fingerprint density at radius 3 is 2.84 bits per heavy atom. The molecule has 2 heterocycles. The van der Waals surface area contributed by atoms with Crippen molar-refractivity contribution in [3.63, 3.8) is 0 Å². The number of aromatic nitrogens is 1. The van der Waals surface area contributed by atoms with E-state index >= 15 is 0 Å². The molecule has 3 rings (SSSR count). The third-order valence-corrected chi connectivity index (χ3v) is 4.00. The number of nitrogens with zero attached hydrogens (tertiary/aromatic N) is 1. The Bertz CT molecular complexity index is 716. The highest BCUT2D eigenvalue weighted by molar-refractivity contribution is 5.92. The highest BCUT2D eigenvalue weighted by Crippen LogP contribution is 2.32. The summed E-state index contributed by atoms with van der Waals surface area (Å²) in [6, 6.07) is 9.25. The lowest BCUT2D eigenvalue weighted by atomic mass is 10.2. The first-order valence-corrected chi connectivity index (χ1v) is 8.63. The monoisotopic (exact) mass is 341 g/mol. The molecule has 6 heteroatoms. The van der Waals surface area contributed by atoms with E-state index in [2.05, 4.69) is 22.5 Å². The molecule has 2 aromatic rings. The number of fused-ring (bicyclic) bond motifs is 1. The van der Waals surface area contributed by atoms with Gasteiger partial charge < -0.3 is 20.1 Å². The summed E-state index contributed by atoms with van der Waals surface area (Å²) in [5, 5.41) is 6.17. The number of nitrogens with one attached hydrogen (secondary N) is 2. The maximum Gasteiger partial charge on any atom is 0.270 e. The van der Waals surface area contributed by atoms with Crippen molar-refractivity contribution in [3.8, 4) is 11.5 Å². The van der Waals surface area contributed by atoms with Gasteiger partial charge in [0, 0.05) is 13.1 Å². The van der Waals surface area contributed by atoms with Gasteiger partial charge in [-0.3, -0.25) is 4.79 Å². The second kappa shape index (κ2) is 8.37. The molecule has 1 aliphatic heterocycles. The number of carbonyl (C=O) groups is 1. The van der Waals surface area contributed by atoms with E-state index in [1.165, 1.54) is 12.8 Å². The fourth-order valence-corrected chi connectivity index (χ4v) is 2.56. The van der Waals surface area contributed by atoms with Gasteiger partial charge in [0.2, 0.25) is 6.79 Å². The van der Waals surface area contributed by atoms with Crippen LogP contribution < -0.4 is 20.1 Å². The fraction of sp³-hybridized carbons (Fsp3) is 0.368. The Morgan fingerprint density at radius 2 is 2.04 bits per heavy atom. The van der Waals surface area contributed by atoms with Gasteiger partial charge in [-0.25, -0.2) is 4.98 Å². The molecule has 0 atom stereocenters. The van der Waals surface area contributed by atoms with Crippen LogP contribution >= 0.6 is 0 Å². The van der Waals surface area contributed by atoms with Gasteiger partial charge >= 0.3 is 0 Å². The molecule has 132 valence electrons. The SMILES string of the molecule is CCCCCNc1ccc(C(=O)NCc2ccc3c(c2)OCO3)nc1. The molecule has 0 saturated carbocycles. The number of amides is 1. The summed E-state index contributed by atoms with van der Waals surface area (Å²) in [4.78, 5) is 16.4. The third kappa shape index (κ3) is 4.62. The molecule has 2 N–H and O–H groups in total. The van der Waals surface area contributed by atoms with Crippen LogP contribution in [0.3, 0.4) is 0 Å². The van der Waals surface area contributed by atoms with Gasteiger partial charge in [0.25, 0.3) is 5.91 Å². The molecule has 6 nitrogen and oxygen atoms in total. The molecule has 0 aliphatic carbocycles. The Morgan fingerprint density at radius 1 is 1.16 bits per heavy atom. The molecule has 25 heavy (non-hydrogen) atoms. The van der Waals surface area contributed by atoms with Crippen molar-refractivity contribution in [1.29, 1.82) is 0 Å². The maximum atomic E-state index is 12.2. The molecular formula is C19H23N3O3. The quantitative estimate of drug-likeness (QED) is 0.721. The molecule has 1 aromatic heterocycles. The highest BCUT2D eigenvalue weighted by Gasteiger charge is 2.14. The topological polar surface area (TPSA) is 72.5 Å². The second-order valence-electron chi connectivity index (χ2n) is 5.94. The van der Waals surface area contributed by atoms with Gasteiger partial charge in [0.1, 0.15) is 5.69 Å². The van der Waals surface area contributed by atoms with E-state index in [1.54, 1.807) is 12.3 Å². The number of benzene rings is 1. The zero-order chi connectivity index (χ0) is 17.5. The minimum absolute atomic E-state index is 0.199. The number of unbranched alkanes of at least 4 members (excludes halogenated alkanes) is 2. The number of carbonyl (C=O) groups excluding carboxylic acids is 1. The summed E-state index contributed by atoms with van der Waals surface area (Å²) in [5.74, 6) is 1.25. The number of ether oxygens (including phenoxy) is 2. The first kappa shape index (κ1) is 17.1. The second-order valence-corrected chi connectivity index (χ2v) is 5.94. The van der Waals surface area contributed by atoms with Crippen molar-refractivity contribution in [3.05, 3.63) is 47.8 Å². The smallest absolute Gasteiger partial charge is 0.270 e. The fourth-order valence-electron chi connectivity index (χ4n) is 2.56. The van der Waals surface area contributed by atoms with Crippen LogP contribution in [0.4, 0.5) is 5.69 Å². The molecule has 0 spiro atoms. The van der Waals surface area contributed by atoms with Crippen molar-refractivity contribution in [2.24, 2.45) is 0 Å². The normalized spacial score (nSPS) is 12.0. The predicted octanol–water partition coefficient (Wildman–Crippen LogP) is 3.34. The third-order valence-electron chi connectivity index (χ3n) is 4.00. The Labute approximate surface area is 147 Å². The van der Waals surface area contributed by atoms with Crippen molar-refractivity contribution in [1.82, 2.24) is 10.3 Å². The van der Waals surface area contributed by atoms with Crippen LogP contribution in [0.5, 0.6) is 11.5 Å². The first-order chi connectivity index (χ1) is 12.3. The van der Waals surface area contributed by atoms with E-state index in [4.69, 9.17) is 9.47 Å². The molecule has 0 unspecified atom stereocenters. The molecule has 1 aliphatic rings. The average molecular weight is 341 g/mol. The van der Waals surface area contributed by atoms with Crippen molar-refractivity contribution in [2.45, 2.75) is 32.7 Å². The van der Waals surface area contributed by atoms with E-state index in [9.17, 15) is 4.79 Å². The van der Waals surface area contributed by atoms with E-state index in [0.717, 1.165) is 30.0 Å². The summed E-state index contributed by atoms with van der Waals surface area (Å²) in [6.07, 6.45) is 5.24. The zero-order valence-electron chi connectivity index (χ0n) is 14.4. The molecule has 0 bridgehead atoms. The molecule has 0 saturated heterocycles. The minimum Gasteiger partial charge on any atom is -0.454 e.